The molecule has 0 saturated carbocycles. The van der Waals surface area contributed by atoms with Crippen molar-refractivity contribution in [3.05, 3.63) is 34.6 Å². The summed E-state index contributed by atoms with van der Waals surface area (Å²) in [6, 6.07) is 4.10. The van der Waals surface area contributed by atoms with Crippen LogP contribution in [0.5, 0.6) is 0 Å². The molecule has 0 unspecified atom stereocenters. The van der Waals surface area contributed by atoms with Crippen molar-refractivity contribution in [2.75, 3.05) is 7.11 Å². The van der Waals surface area contributed by atoms with Crippen LogP contribution in [0, 0.1) is 17.1 Å². The first-order valence-corrected chi connectivity index (χ1v) is 4.44. The maximum Gasteiger partial charge on any atom is 0.338 e. The molecule has 0 aromatic heterocycles. The maximum atomic E-state index is 13.2. The predicted octanol–water partition coefficient (Wildman–Crippen LogP) is 2.05. The fraction of sp³-hybridized carbons (Fsp3) is 0.273. The highest BCUT2D eigenvalue weighted by Crippen LogP contribution is 2.17. The van der Waals surface area contributed by atoms with Gasteiger partial charge in [0.15, 0.2) is 0 Å². The summed E-state index contributed by atoms with van der Waals surface area (Å²) >= 11 is 0. The Kier molecular flexibility index (Phi) is 3.40. The number of carbonyl (C=O) groups is 1. The molecule has 4 heteroatoms. The molecule has 15 heavy (non-hydrogen) atoms. The quantitative estimate of drug-likeness (QED) is 0.697. The zero-order valence-corrected chi connectivity index (χ0v) is 8.50. The minimum absolute atomic E-state index is 0.146. The van der Waals surface area contributed by atoms with Crippen molar-refractivity contribution in [3.8, 4) is 6.07 Å². The second-order valence-corrected chi connectivity index (χ2v) is 2.95. The van der Waals surface area contributed by atoms with Gasteiger partial charge in [-0.3, -0.25) is 0 Å². The zero-order chi connectivity index (χ0) is 11.4. The van der Waals surface area contributed by atoms with Crippen molar-refractivity contribution < 1.29 is 13.9 Å². The van der Waals surface area contributed by atoms with Gasteiger partial charge in [0.1, 0.15) is 11.9 Å². The normalized spacial score (nSPS) is 9.47. The second-order valence-electron chi connectivity index (χ2n) is 2.95. The van der Waals surface area contributed by atoms with E-state index in [0.717, 1.165) is 0 Å². The van der Waals surface area contributed by atoms with Crippen LogP contribution in [0.15, 0.2) is 12.1 Å². The van der Waals surface area contributed by atoms with E-state index < -0.39 is 11.8 Å². The van der Waals surface area contributed by atoms with Gasteiger partial charge in [0, 0.05) is 0 Å². The predicted molar refractivity (Wildman–Crippen MR) is 51.8 cm³/mol. The molecule has 0 fully saturated rings. The van der Waals surface area contributed by atoms with Crippen molar-refractivity contribution in [1.29, 1.82) is 5.26 Å². The molecule has 0 atom stereocenters. The number of methoxy groups -OCH3 is 1. The molecule has 1 rings (SSSR count). The van der Waals surface area contributed by atoms with Crippen LogP contribution in [0.3, 0.4) is 0 Å². The van der Waals surface area contributed by atoms with E-state index in [-0.39, 0.29) is 11.1 Å². The number of benzene rings is 1. The molecule has 1 aromatic carbocycles. The topological polar surface area (TPSA) is 50.1 Å². The van der Waals surface area contributed by atoms with Gasteiger partial charge in [-0.05, 0) is 24.1 Å². The highest BCUT2D eigenvalue weighted by Gasteiger charge is 2.14. The largest absolute Gasteiger partial charge is 0.465 e. The Balaban J connectivity index is 3.36. The van der Waals surface area contributed by atoms with Gasteiger partial charge in [0.2, 0.25) is 0 Å². The number of rotatable bonds is 2. The molecule has 0 amide bonds. The molecule has 0 radical (unpaired) electrons. The summed E-state index contributed by atoms with van der Waals surface area (Å²) in [5, 5.41) is 8.62. The SMILES string of the molecule is CCc1cc(F)c(C#N)cc1C(=O)OC. The molecule has 0 aliphatic carbocycles. The summed E-state index contributed by atoms with van der Waals surface area (Å²) in [6.07, 6.45) is 0.507. The van der Waals surface area contributed by atoms with E-state index in [9.17, 15) is 9.18 Å². The fourth-order valence-corrected chi connectivity index (χ4v) is 1.29. The maximum absolute atomic E-state index is 13.2. The Morgan fingerprint density at radius 1 is 1.60 bits per heavy atom. The third-order valence-electron chi connectivity index (χ3n) is 2.10. The third kappa shape index (κ3) is 2.13. The summed E-state index contributed by atoms with van der Waals surface area (Å²) in [4.78, 5) is 11.3. The molecule has 3 nitrogen and oxygen atoms in total. The monoisotopic (exact) mass is 207 g/mol. The summed E-state index contributed by atoms with van der Waals surface area (Å²) < 4.78 is 17.8. The van der Waals surface area contributed by atoms with Crippen molar-refractivity contribution in [2.45, 2.75) is 13.3 Å². The van der Waals surface area contributed by atoms with Crippen LogP contribution in [0.4, 0.5) is 4.39 Å². The van der Waals surface area contributed by atoms with E-state index in [0.29, 0.717) is 12.0 Å². The standard InChI is InChI=1S/C11H10FNO2/c1-3-7-5-10(12)8(6-13)4-9(7)11(14)15-2/h4-5H,3H2,1-2H3. The average molecular weight is 207 g/mol. The Labute approximate surface area is 87.1 Å². The van der Waals surface area contributed by atoms with Crippen LogP contribution < -0.4 is 0 Å². The first-order chi connectivity index (χ1) is 7.13. The van der Waals surface area contributed by atoms with Gasteiger partial charge in [-0.1, -0.05) is 6.92 Å². The number of nitrogens with zero attached hydrogens (tertiary/aromatic N) is 1. The number of hydrogen-bond acceptors (Lipinski definition) is 3. The first-order valence-electron chi connectivity index (χ1n) is 4.44. The van der Waals surface area contributed by atoms with Crippen LogP contribution in [0.25, 0.3) is 0 Å². The molecule has 0 aliphatic rings. The number of nitriles is 1. The lowest BCUT2D eigenvalue weighted by molar-refractivity contribution is 0.0599. The van der Waals surface area contributed by atoms with E-state index in [1.807, 2.05) is 0 Å². The molecule has 0 spiro atoms. The van der Waals surface area contributed by atoms with Gasteiger partial charge in [0.05, 0.1) is 18.2 Å². The lowest BCUT2D eigenvalue weighted by Gasteiger charge is -2.06. The molecule has 0 N–H and O–H groups in total. The Bertz CT molecular complexity index is 435. The molecule has 0 saturated heterocycles. The minimum Gasteiger partial charge on any atom is -0.465 e. The Hall–Kier alpha value is -1.89. The van der Waals surface area contributed by atoms with Gasteiger partial charge in [-0.15, -0.1) is 0 Å². The fourth-order valence-electron chi connectivity index (χ4n) is 1.29. The number of esters is 1. The second kappa shape index (κ2) is 4.56. The molecule has 0 bridgehead atoms. The lowest BCUT2D eigenvalue weighted by atomic mass is 10.0. The van der Waals surface area contributed by atoms with Gasteiger partial charge >= 0.3 is 5.97 Å². The molecule has 1 aromatic rings. The zero-order valence-electron chi connectivity index (χ0n) is 8.50. The minimum atomic E-state index is -0.609. The van der Waals surface area contributed by atoms with Gasteiger partial charge in [0.25, 0.3) is 0 Å². The summed E-state index contributed by atoms with van der Waals surface area (Å²) in [5.41, 5.74) is 0.643. The van der Waals surface area contributed by atoms with Crippen LogP contribution in [-0.4, -0.2) is 13.1 Å². The molecule has 0 aliphatic heterocycles. The van der Waals surface area contributed by atoms with Crippen molar-refractivity contribution in [3.63, 3.8) is 0 Å². The smallest absolute Gasteiger partial charge is 0.338 e. The third-order valence-corrected chi connectivity index (χ3v) is 2.10. The molecular formula is C11H10FNO2. The van der Waals surface area contributed by atoms with E-state index >= 15 is 0 Å². The van der Waals surface area contributed by atoms with E-state index in [4.69, 9.17) is 5.26 Å². The van der Waals surface area contributed by atoms with Crippen LogP contribution in [0.2, 0.25) is 0 Å². The number of ether oxygens (including phenoxy) is 1. The number of carbonyl (C=O) groups excluding carboxylic acids is 1. The lowest BCUT2D eigenvalue weighted by Crippen LogP contribution is -2.07. The number of halogens is 1. The van der Waals surface area contributed by atoms with E-state index in [2.05, 4.69) is 4.74 Å². The molecule has 78 valence electrons. The van der Waals surface area contributed by atoms with E-state index in [1.54, 1.807) is 13.0 Å². The summed E-state index contributed by atoms with van der Waals surface area (Å²) in [7, 11) is 1.25. The van der Waals surface area contributed by atoms with Crippen LogP contribution in [-0.2, 0) is 11.2 Å². The molecule has 0 heterocycles. The van der Waals surface area contributed by atoms with Gasteiger partial charge in [-0.25, -0.2) is 9.18 Å². The molecular weight excluding hydrogens is 197 g/mol. The highest BCUT2D eigenvalue weighted by molar-refractivity contribution is 5.91. The van der Waals surface area contributed by atoms with Gasteiger partial charge < -0.3 is 4.74 Å². The highest BCUT2D eigenvalue weighted by atomic mass is 19.1. The average Bonchev–Trinajstić information content (AvgIpc) is 2.27. The van der Waals surface area contributed by atoms with Crippen molar-refractivity contribution in [1.82, 2.24) is 0 Å². The number of aryl methyl sites for hydroxylation is 1. The number of hydrogen-bond donors (Lipinski definition) is 0. The summed E-state index contributed by atoms with van der Waals surface area (Å²) in [6.45, 7) is 1.80. The van der Waals surface area contributed by atoms with Crippen LogP contribution in [0.1, 0.15) is 28.4 Å². The Morgan fingerprint density at radius 2 is 2.27 bits per heavy atom. The Morgan fingerprint density at radius 3 is 2.73 bits per heavy atom. The van der Waals surface area contributed by atoms with E-state index in [1.165, 1.54) is 19.2 Å². The first kappa shape index (κ1) is 11.2. The van der Waals surface area contributed by atoms with Crippen molar-refractivity contribution >= 4 is 5.97 Å². The van der Waals surface area contributed by atoms with Crippen LogP contribution >= 0.6 is 0 Å². The van der Waals surface area contributed by atoms with Crippen molar-refractivity contribution in [2.24, 2.45) is 0 Å². The summed E-state index contributed by atoms with van der Waals surface area (Å²) in [5.74, 6) is -1.16. The van der Waals surface area contributed by atoms with Gasteiger partial charge in [-0.2, -0.15) is 5.26 Å².